The number of hydrogen-bond donors (Lipinski definition) is 2. The van der Waals surface area contributed by atoms with Crippen LogP contribution in [0.15, 0.2) is 36.7 Å². The number of para-hydroxylation sites is 1. The SMILES string of the molecule is O=C(COc1ccccc1F)NCCn1nc([C@H]2CCNC2)c2nccnc21. The fourth-order valence-corrected chi connectivity index (χ4v) is 3.30. The number of carbonyl (C=O) groups is 1. The van der Waals surface area contributed by atoms with Gasteiger partial charge in [-0.25, -0.2) is 19.0 Å². The summed E-state index contributed by atoms with van der Waals surface area (Å²) in [4.78, 5) is 20.8. The van der Waals surface area contributed by atoms with Crippen LogP contribution in [0.4, 0.5) is 4.39 Å². The first-order chi connectivity index (χ1) is 13.7. The zero-order valence-corrected chi connectivity index (χ0v) is 15.3. The Bertz CT molecular complexity index is 970. The van der Waals surface area contributed by atoms with E-state index in [0.29, 0.717) is 24.7 Å². The van der Waals surface area contributed by atoms with Crippen molar-refractivity contribution in [2.45, 2.75) is 18.9 Å². The minimum Gasteiger partial charge on any atom is -0.481 e. The van der Waals surface area contributed by atoms with E-state index in [2.05, 4.69) is 20.6 Å². The first-order valence-corrected chi connectivity index (χ1v) is 9.24. The van der Waals surface area contributed by atoms with Crippen LogP contribution in [0, 0.1) is 5.82 Å². The van der Waals surface area contributed by atoms with Gasteiger partial charge in [0.25, 0.3) is 5.91 Å². The Kier molecular flexibility index (Phi) is 5.43. The lowest BCUT2D eigenvalue weighted by Crippen LogP contribution is -2.32. The Morgan fingerprint density at radius 1 is 1.32 bits per heavy atom. The lowest BCUT2D eigenvalue weighted by molar-refractivity contribution is -0.123. The van der Waals surface area contributed by atoms with Crippen LogP contribution in [0.5, 0.6) is 5.75 Å². The molecule has 0 unspecified atom stereocenters. The zero-order chi connectivity index (χ0) is 19.3. The molecule has 0 spiro atoms. The highest BCUT2D eigenvalue weighted by Crippen LogP contribution is 2.26. The number of carbonyl (C=O) groups excluding carboxylic acids is 1. The molecule has 0 bridgehead atoms. The van der Waals surface area contributed by atoms with Crippen LogP contribution in [-0.2, 0) is 11.3 Å². The predicted octanol–water partition coefficient (Wildman–Crippen LogP) is 1.24. The lowest BCUT2D eigenvalue weighted by Gasteiger charge is -2.08. The summed E-state index contributed by atoms with van der Waals surface area (Å²) in [6.45, 7) is 2.42. The minimum absolute atomic E-state index is 0.0563. The molecule has 2 aromatic heterocycles. The van der Waals surface area contributed by atoms with E-state index in [9.17, 15) is 9.18 Å². The number of hydrogen-bond acceptors (Lipinski definition) is 6. The lowest BCUT2D eigenvalue weighted by atomic mass is 10.0. The van der Waals surface area contributed by atoms with Gasteiger partial charge in [0.2, 0.25) is 0 Å². The van der Waals surface area contributed by atoms with Gasteiger partial charge in [-0.05, 0) is 25.1 Å². The number of ether oxygens (including phenoxy) is 1. The van der Waals surface area contributed by atoms with Gasteiger partial charge in [0.15, 0.2) is 23.8 Å². The number of nitrogens with one attached hydrogen (secondary N) is 2. The van der Waals surface area contributed by atoms with Gasteiger partial charge in [0.05, 0.1) is 12.2 Å². The van der Waals surface area contributed by atoms with Crippen LogP contribution >= 0.6 is 0 Å². The van der Waals surface area contributed by atoms with Crippen LogP contribution in [0.25, 0.3) is 11.2 Å². The summed E-state index contributed by atoms with van der Waals surface area (Å²) < 4.78 is 20.5. The Morgan fingerprint density at radius 2 is 2.18 bits per heavy atom. The second kappa shape index (κ2) is 8.30. The third-order valence-electron chi connectivity index (χ3n) is 4.68. The van der Waals surface area contributed by atoms with Crippen molar-refractivity contribution in [3.05, 3.63) is 48.2 Å². The highest BCUT2D eigenvalue weighted by atomic mass is 19.1. The monoisotopic (exact) mass is 384 g/mol. The number of rotatable bonds is 7. The predicted molar refractivity (Wildman–Crippen MR) is 100 cm³/mol. The van der Waals surface area contributed by atoms with E-state index >= 15 is 0 Å². The molecule has 146 valence electrons. The molecule has 0 saturated carbocycles. The number of fused-ring (bicyclic) bond motifs is 1. The van der Waals surface area contributed by atoms with E-state index in [4.69, 9.17) is 9.84 Å². The van der Waals surface area contributed by atoms with E-state index in [-0.39, 0.29) is 18.3 Å². The molecule has 2 N–H and O–H groups in total. The Labute approximate surface area is 161 Å². The normalized spacial score (nSPS) is 16.4. The van der Waals surface area contributed by atoms with Crippen LogP contribution in [0.3, 0.4) is 0 Å². The minimum atomic E-state index is -0.495. The molecular weight excluding hydrogens is 363 g/mol. The van der Waals surface area contributed by atoms with Crippen molar-refractivity contribution in [3.63, 3.8) is 0 Å². The van der Waals surface area contributed by atoms with Crippen LogP contribution in [0.1, 0.15) is 18.0 Å². The Balaban J connectivity index is 1.35. The van der Waals surface area contributed by atoms with Crippen molar-refractivity contribution < 1.29 is 13.9 Å². The summed E-state index contributed by atoms with van der Waals surface area (Å²) in [5, 5.41) is 10.8. The van der Waals surface area contributed by atoms with E-state index in [1.165, 1.54) is 12.1 Å². The molecule has 9 heteroatoms. The van der Waals surface area contributed by atoms with Crippen molar-refractivity contribution >= 4 is 17.1 Å². The number of nitrogens with zero attached hydrogens (tertiary/aromatic N) is 4. The van der Waals surface area contributed by atoms with Gasteiger partial charge in [0, 0.05) is 31.4 Å². The molecule has 3 aromatic rings. The highest BCUT2D eigenvalue weighted by Gasteiger charge is 2.24. The Morgan fingerprint density at radius 3 is 3.00 bits per heavy atom. The van der Waals surface area contributed by atoms with Gasteiger partial charge in [0.1, 0.15) is 5.52 Å². The van der Waals surface area contributed by atoms with Crippen LogP contribution in [-0.4, -0.2) is 51.9 Å². The molecule has 1 aromatic carbocycles. The molecule has 1 aliphatic rings. The van der Waals surface area contributed by atoms with Crippen LogP contribution in [0.2, 0.25) is 0 Å². The van der Waals surface area contributed by atoms with E-state index in [1.54, 1.807) is 29.2 Å². The molecule has 28 heavy (non-hydrogen) atoms. The molecule has 3 heterocycles. The molecular formula is C19H21FN6O2. The van der Waals surface area contributed by atoms with E-state index < -0.39 is 5.82 Å². The summed E-state index contributed by atoms with van der Waals surface area (Å²) in [5.41, 5.74) is 2.47. The molecule has 1 atom stereocenters. The average molecular weight is 384 g/mol. The molecule has 0 aliphatic carbocycles. The van der Waals surface area contributed by atoms with E-state index in [0.717, 1.165) is 30.7 Å². The maximum atomic E-state index is 13.5. The second-order valence-electron chi connectivity index (χ2n) is 6.60. The van der Waals surface area contributed by atoms with Gasteiger partial charge < -0.3 is 15.4 Å². The number of benzene rings is 1. The van der Waals surface area contributed by atoms with Gasteiger partial charge in [-0.1, -0.05) is 12.1 Å². The standard InChI is InChI=1S/C19H21FN6O2/c20-14-3-1-2-4-15(14)28-12-16(27)22-9-10-26-19-18(23-7-8-24-19)17(25-26)13-5-6-21-11-13/h1-4,7-8,13,21H,5-6,9-12H2,(H,22,27)/t13-/m0/s1. The number of halogens is 1. The summed E-state index contributed by atoms with van der Waals surface area (Å²) >= 11 is 0. The first kappa shape index (κ1) is 18.3. The largest absolute Gasteiger partial charge is 0.481 e. The number of amides is 1. The summed E-state index contributed by atoms with van der Waals surface area (Å²) in [5.74, 6) is -0.443. The molecule has 8 nitrogen and oxygen atoms in total. The fraction of sp³-hybridized carbons (Fsp3) is 0.368. The fourth-order valence-electron chi connectivity index (χ4n) is 3.30. The third kappa shape index (κ3) is 3.94. The van der Waals surface area contributed by atoms with Gasteiger partial charge in [-0.15, -0.1) is 0 Å². The Hall–Kier alpha value is -3.07. The van der Waals surface area contributed by atoms with Crippen molar-refractivity contribution in [2.24, 2.45) is 0 Å². The molecule has 0 radical (unpaired) electrons. The smallest absolute Gasteiger partial charge is 0.258 e. The average Bonchev–Trinajstić information content (AvgIpc) is 3.36. The molecule has 1 aliphatic heterocycles. The van der Waals surface area contributed by atoms with Crippen molar-refractivity contribution in [3.8, 4) is 5.75 Å². The molecule has 1 fully saturated rings. The summed E-state index contributed by atoms with van der Waals surface area (Å²) in [6.07, 6.45) is 4.33. The van der Waals surface area contributed by atoms with Gasteiger partial charge in [-0.3, -0.25) is 4.79 Å². The zero-order valence-electron chi connectivity index (χ0n) is 15.3. The maximum absolute atomic E-state index is 13.5. The summed E-state index contributed by atoms with van der Waals surface area (Å²) in [7, 11) is 0. The highest BCUT2D eigenvalue weighted by molar-refractivity contribution is 5.77. The molecule has 1 amide bonds. The molecule has 1 saturated heterocycles. The van der Waals surface area contributed by atoms with Crippen molar-refractivity contribution in [2.75, 3.05) is 26.2 Å². The van der Waals surface area contributed by atoms with Crippen molar-refractivity contribution in [1.29, 1.82) is 0 Å². The first-order valence-electron chi connectivity index (χ1n) is 9.24. The van der Waals surface area contributed by atoms with Crippen molar-refractivity contribution in [1.82, 2.24) is 30.4 Å². The topological polar surface area (TPSA) is 94.0 Å². The van der Waals surface area contributed by atoms with E-state index in [1.807, 2.05) is 0 Å². The third-order valence-corrected chi connectivity index (χ3v) is 4.68. The quantitative estimate of drug-likeness (QED) is 0.637. The van der Waals surface area contributed by atoms with Crippen LogP contribution < -0.4 is 15.4 Å². The summed E-state index contributed by atoms with van der Waals surface area (Å²) in [6, 6.07) is 5.98. The number of aromatic nitrogens is 4. The molecule has 4 rings (SSSR count). The second-order valence-corrected chi connectivity index (χ2v) is 6.60. The van der Waals surface area contributed by atoms with Gasteiger partial charge >= 0.3 is 0 Å². The maximum Gasteiger partial charge on any atom is 0.258 e. The van der Waals surface area contributed by atoms with Gasteiger partial charge in [-0.2, -0.15) is 5.10 Å².